The molecule has 1 unspecified atom stereocenters. The number of pyridine rings is 1. The first-order chi connectivity index (χ1) is 12.2. The molecule has 1 amide bonds. The maximum Gasteiger partial charge on any atom is 0.276 e. The number of likely N-dealkylation sites (tertiary alicyclic amines) is 1. The molecule has 4 heterocycles. The van der Waals surface area contributed by atoms with E-state index in [1.807, 2.05) is 23.1 Å². The average Bonchev–Trinajstić information content (AvgIpc) is 3.22. The van der Waals surface area contributed by atoms with E-state index < -0.39 is 0 Å². The van der Waals surface area contributed by atoms with E-state index in [-0.39, 0.29) is 17.4 Å². The maximum absolute atomic E-state index is 12.9. The van der Waals surface area contributed by atoms with Gasteiger partial charge in [0, 0.05) is 32.0 Å². The second-order valence-corrected chi connectivity index (χ2v) is 7.02. The standard InChI is InChI=1S/C18H23N5O2/c1-14-18(6-10-25-11-7-18)5-9-23(14)17(24)16-13-22(21-20-16)12-15-4-2-3-8-19-15/h2-4,8,13-14H,5-7,9-12H2,1H3. The molecule has 2 saturated heterocycles. The number of carbonyl (C=O) groups is 1. The van der Waals surface area contributed by atoms with Gasteiger partial charge >= 0.3 is 0 Å². The van der Waals surface area contributed by atoms with Gasteiger partial charge in [-0.2, -0.15) is 0 Å². The minimum atomic E-state index is -0.0249. The first kappa shape index (κ1) is 16.2. The molecule has 1 atom stereocenters. The van der Waals surface area contributed by atoms with E-state index in [0.29, 0.717) is 12.2 Å². The van der Waals surface area contributed by atoms with Crippen LogP contribution < -0.4 is 0 Å². The van der Waals surface area contributed by atoms with Gasteiger partial charge in [-0.1, -0.05) is 11.3 Å². The number of nitrogens with zero attached hydrogens (tertiary/aromatic N) is 5. The minimum absolute atomic E-state index is 0.0249. The zero-order valence-electron chi connectivity index (χ0n) is 14.5. The van der Waals surface area contributed by atoms with Gasteiger partial charge in [-0.3, -0.25) is 9.78 Å². The molecule has 25 heavy (non-hydrogen) atoms. The summed E-state index contributed by atoms with van der Waals surface area (Å²) in [5.41, 5.74) is 1.51. The number of hydrogen-bond donors (Lipinski definition) is 0. The van der Waals surface area contributed by atoms with Gasteiger partial charge in [0.1, 0.15) is 0 Å². The van der Waals surface area contributed by atoms with E-state index in [1.165, 1.54) is 0 Å². The first-order valence-electron chi connectivity index (χ1n) is 8.87. The van der Waals surface area contributed by atoms with Crippen LogP contribution >= 0.6 is 0 Å². The van der Waals surface area contributed by atoms with Crippen molar-refractivity contribution in [2.24, 2.45) is 5.41 Å². The lowest BCUT2D eigenvalue weighted by Gasteiger charge is -2.38. The van der Waals surface area contributed by atoms with Crippen LogP contribution in [-0.2, 0) is 11.3 Å². The van der Waals surface area contributed by atoms with Crippen molar-refractivity contribution in [2.45, 2.75) is 38.8 Å². The van der Waals surface area contributed by atoms with Crippen LogP contribution in [0.2, 0.25) is 0 Å². The molecule has 0 bridgehead atoms. The van der Waals surface area contributed by atoms with Gasteiger partial charge in [-0.05, 0) is 43.7 Å². The van der Waals surface area contributed by atoms with Gasteiger partial charge in [-0.15, -0.1) is 5.10 Å². The molecular weight excluding hydrogens is 318 g/mol. The smallest absolute Gasteiger partial charge is 0.276 e. The highest BCUT2D eigenvalue weighted by atomic mass is 16.5. The number of rotatable bonds is 3. The van der Waals surface area contributed by atoms with Gasteiger partial charge in [-0.25, -0.2) is 4.68 Å². The fraction of sp³-hybridized carbons (Fsp3) is 0.556. The lowest BCUT2D eigenvalue weighted by molar-refractivity contribution is 0.0000987. The molecule has 132 valence electrons. The van der Waals surface area contributed by atoms with Crippen molar-refractivity contribution in [3.05, 3.63) is 42.0 Å². The van der Waals surface area contributed by atoms with Gasteiger partial charge in [0.05, 0.1) is 18.4 Å². The predicted octanol–water partition coefficient (Wildman–Crippen LogP) is 1.75. The topological polar surface area (TPSA) is 73.1 Å². The molecule has 7 nitrogen and oxygen atoms in total. The van der Waals surface area contributed by atoms with Crippen molar-refractivity contribution in [1.29, 1.82) is 0 Å². The number of ether oxygens (including phenoxy) is 1. The zero-order chi connectivity index (χ0) is 17.3. The van der Waals surface area contributed by atoms with E-state index in [4.69, 9.17) is 4.74 Å². The fourth-order valence-corrected chi connectivity index (χ4v) is 4.08. The lowest BCUT2D eigenvalue weighted by Crippen LogP contribution is -2.43. The molecule has 0 radical (unpaired) electrons. The summed E-state index contributed by atoms with van der Waals surface area (Å²) in [5.74, 6) is -0.0249. The van der Waals surface area contributed by atoms with Crippen LogP contribution in [0.25, 0.3) is 0 Å². The molecule has 2 fully saturated rings. The summed E-state index contributed by atoms with van der Waals surface area (Å²) in [6.07, 6.45) is 6.58. The Morgan fingerprint density at radius 2 is 2.16 bits per heavy atom. The van der Waals surface area contributed by atoms with E-state index >= 15 is 0 Å². The number of carbonyl (C=O) groups excluding carboxylic acids is 1. The van der Waals surface area contributed by atoms with Crippen molar-refractivity contribution in [3.8, 4) is 0 Å². The van der Waals surface area contributed by atoms with Crippen molar-refractivity contribution in [1.82, 2.24) is 24.9 Å². The van der Waals surface area contributed by atoms with Crippen molar-refractivity contribution >= 4 is 5.91 Å². The molecular formula is C18H23N5O2. The largest absolute Gasteiger partial charge is 0.381 e. The van der Waals surface area contributed by atoms with Crippen LogP contribution in [-0.4, -0.2) is 56.6 Å². The lowest BCUT2D eigenvalue weighted by atomic mass is 9.74. The molecule has 1 spiro atoms. The Hall–Kier alpha value is -2.28. The molecule has 2 aliphatic rings. The molecule has 0 aromatic carbocycles. The fourth-order valence-electron chi connectivity index (χ4n) is 4.08. The van der Waals surface area contributed by atoms with Gasteiger partial charge in [0.15, 0.2) is 5.69 Å². The third-order valence-corrected chi connectivity index (χ3v) is 5.76. The van der Waals surface area contributed by atoms with Crippen LogP contribution in [0, 0.1) is 5.41 Å². The second kappa shape index (κ2) is 6.55. The third kappa shape index (κ3) is 3.04. The van der Waals surface area contributed by atoms with Crippen LogP contribution in [0.15, 0.2) is 30.6 Å². The Labute approximate surface area is 147 Å². The summed E-state index contributed by atoms with van der Waals surface area (Å²) in [4.78, 5) is 19.1. The van der Waals surface area contributed by atoms with Crippen LogP contribution in [0.5, 0.6) is 0 Å². The molecule has 2 aromatic heterocycles. The SMILES string of the molecule is CC1N(C(=O)c2cn(Cc3ccccn3)nn2)CCC12CCOCC2. The Kier molecular flexibility index (Phi) is 4.25. The summed E-state index contributed by atoms with van der Waals surface area (Å²) >= 11 is 0. The van der Waals surface area contributed by atoms with Crippen LogP contribution in [0.3, 0.4) is 0 Å². The predicted molar refractivity (Wildman–Crippen MR) is 91.0 cm³/mol. The highest BCUT2D eigenvalue weighted by Crippen LogP contribution is 2.45. The van der Waals surface area contributed by atoms with Gasteiger partial charge < -0.3 is 9.64 Å². The Balaban J connectivity index is 1.46. The summed E-state index contributed by atoms with van der Waals surface area (Å²) in [5, 5.41) is 8.19. The quantitative estimate of drug-likeness (QED) is 0.850. The van der Waals surface area contributed by atoms with E-state index in [1.54, 1.807) is 17.1 Å². The number of aromatic nitrogens is 4. The minimum Gasteiger partial charge on any atom is -0.381 e. The van der Waals surface area contributed by atoms with Crippen molar-refractivity contribution < 1.29 is 9.53 Å². The second-order valence-electron chi connectivity index (χ2n) is 7.02. The van der Waals surface area contributed by atoms with Gasteiger partial charge in [0.2, 0.25) is 0 Å². The zero-order valence-corrected chi connectivity index (χ0v) is 14.5. The van der Waals surface area contributed by atoms with Gasteiger partial charge in [0.25, 0.3) is 5.91 Å². The third-order valence-electron chi connectivity index (χ3n) is 5.76. The Morgan fingerprint density at radius 1 is 1.32 bits per heavy atom. The molecule has 0 aliphatic carbocycles. The summed E-state index contributed by atoms with van der Waals surface area (Å²) < 4.78 is 7.18. The summed E-state index contributed by atoms with van der Waals surface area (Å²) in [6, 6.07) is 5.95. The molecule has 0 N–H and O–H groups in total. The molecule has 4 rings (SSSR count). The maximum atomic E-state index is 12.9. The monoisotopic (exact) mass is 341 g/mol. The summed E-state index contributed by atoms with van der Waals surface area (Å²) in [7, 11) is 0. The van der Waals surface area contributed by atoms with Crippen LogP contribution in [0.1, 0.15) is 42.4 Å². The Bertz CT molecular complexity index is 739. The molecule has 0 saturated carbocycles. The van der Waals surface area contributed by atoms with Crippen LogP contribution in [0.4, 0.5) is 0 Å². The van der Waals surface area contributed by atoms with Crippen molar-refractivity contribution in [2.75, 3.05) is 19.8 Å². The normalized spacial score (nSPS) is 22.4. The highest BCUT2D eigenvalue weighted by molar-refractivity contribution is 5.92. The number of hydrogen-bond acceptors (Lipinski definition) is 5. The van der Waals surface area contributed by atoms with E-state index in [9.17, 15) is 4.79 Å². The van der Waals surface area contributed by atoms with E-state index in [0.717, 1.165) is 44.7 Å². The average molecular weight is 341 g/mol. The van der Waals surface area contributed by atoms with E-state index in [2.05, 4.69) is 22.2 Å². The highest BCUT2D eigenvalue weighted by Gasteiger charge is 2.47. The summed E-state index contributed by atoms with van der Waals surface area (Å²) in [6.45, 7) is 5.05. The molecule has 2 aliphatic heterocycles. The first-order valence-corrected chi connectivity index (χ1v) is 8.87. The molecule has 7 heteroatoms. The number of amides is 1. The molecule has 2 aromatic rings. The Morgan fingerprint density at radius 3 is 2.92 bits per heavy atom. The van der Waals surface area contributed by atoms with Crippen molar-refractivity contribution in [3.63, 3.8) is 0 Å².